The van der Waals surface area contributed by atoms with Gasteiger partial charge < -0.3 is 25.6 Å². The van der Waals surface area contributed by atoms with Gasteiger partial charge in [-0.15, -0.1) is 0 Å². The SMILES string of the molecule is Cn1c(CO/N=C(\Nc2ccc(F)c(Br)c2)c2nonc2NCCCS(C)(=O)=O)cnc1[N+](=O)[O-]. The smallest absolute Gasteiger partial charge is 0.390 e. The lowest BCUT2D eigenvalue weighted by atomic mass is 10.3. The number of hydrogen-bond donors (Lipinski definition) is 2. The summed E-state index contributed by atoms with van der Waals surface area (Å²) < 4.78 is 42.5. The van der Waals surface area contributed by atoms with E-state index in [-0.39, 0.29) is 46.7 Å². The van der Waals surface area contributed by atoms with E-state index >= 15 is 0 Å². The molecule has 1 aromatic carbocycles. The number of halogens is 2. The van der Waals surface area contributed by atoms with Crippen molar-refractivity contribution in [1.29, 1.82) is 0 Å². The second kappa shape index (κ2) is 11.2. The molecule has 0 radical (unpaired) electrons. The predicted octanol–water partition coefficient (Wildman–Crippen LogP) is 2.45. The first-order chi connectivity index (χ1) is 16.5. The Bertz CT molecular complexity index is 1340. The van der Waals surface area contributed by atoms with Crippen LogP contribution in [0.15, 0.2) is 38.7 Å². The van der Waals surface area contributed by atoms with E-state index in [2.05, 4.69) is 47.0 Å². The fourth-order valence-corrected chi connectivity index (χ4v) is 3.78. The third-order valence-electron chi connectivity index (χ3n) is 4.47. The number of aromatic nitrogens is 4. The van der Waals surface area contributed by atoms with Crippen molar-refractivity contribution >= 4 is 49.1 Å². The summed E-state index contributed by atoms with van der Waals surface area (Å²) in [6.07, 6.45) is 2.73. The van der Waals surface area contributed by atoms with Gasteiger partial charge in [0.05, 0.1) is 17.3 Å². The highest BCUT2D eigenvalue weighted by molar-refractivity contribution is 9.10. The number of rotatable bonds is 11. The third kappa shape index (κ3) is 7.19. The minimum absolute atomic E-state index is 0.0204. The second-order valence-electron chi connectivity index (χ2n) is 7.20. The number of anilines is 2. The van der Waals surface area contributed by atoms with Crippen molar-refractivity contribution in [1.82, 2.24) is 19.9 Å². The fraction of sp³-hybridized carbons (Fsp3) is 0.333. The van der Waals surface area contributed by atoms with Gasteiger partial charge in [0.15, 0.2) is 18.0 Å². The number of benzene rings is 1. The molecule has 14 nitrogen and oxygen atoms in total. The van der Waals surface area contributed by atoms with Gasteiger partial charge in [0, 0.05) is 18.5 Å². The summed E-state index contributed by atoms with van der Waals surface area (Å²) >= 11 is 3.10. The van der Waals surface area contributed by atoms with Crippen LogP contribution in [0.2, 0.25) is 0 Å². The number of amidine groups is 1. The summed E-state index contributed by atoms with van der Waals surface area (Å²) in [6.45, 7) is 0.0846. The molecule has 0 aliphatic carbocycles. The summed E-state index contributed by atoms with van der Waals surface area (Å²) in [6, 6.07) is 4.14. The molecular weight excluding hydrogens is 555 g/mol. The Morgan fingerprint density at radius 1 is 1.40 bits per heavy atom. The van der Waals surface area contributed by atoms with Gasteiger partial charge in [0.25, 0.3) is 0 Å². The maximum absolute atomic E-state index is 13.6. The van der Waals surface area contributed by atoms with E-state index < -0.39 is 20.6 Å². The molecular formula is C18H20BrFN8O6S. The molecule has 0 fully saturated rings. The number of nitrogens with one attached hydrogen (secondary N) is 2. The van der Waals surface area contributed by atoms with Gasteiger partial charge >= 0.3 is 5.95 Å². The van der Waals surface area contributed by atoms with Crippen molar-refractivity contribution in [3.8, 4) is 0 Å². The number of hydrogen-bond acceptors (Lipinski definition) is 11. The molecule has 0 aliphatic heterocycles. The molecule has 2 aromatic heterocycles. The molecule has 2 heterocycles. The van der Waals surface area contributed by atoms with Crippen molar-refractivity contribution in [3.63, 3.8) is 0 Å². The van der Waals surface area contributed by atoms with Gasteiger partial charge in [-0.05, 0) is 55.8 Å². The maximum atomic E-state index is 13.6. The van der Waals surface area contributed by atoms with Crippen LogP contribution < -0.4 is 10.6 Å². The van der Waals surface area contributed by atoms with Crippen molar-refractivity contribution in [3.05, 3.63) is 56.2 Å². The molecule has 3 rings (SSSR count). The van der Waals surface area contributed by atoms with Gasteiger partial charge in [-0.1, -0.05) is 10.1 Å². The van der Waals surface area contributed by atoms with Crippen LogP contribution in [-0.4, -0.2) is 57.6 Å². The van der Waals surface area contributed by atoms with E-state index in [0.717, 1.165) is 6.26 Å². The Labute approximate surface area is 206 Å². The Balaban J connectivity index is 1.81. The average molecular weight is 575 g/mol. The van der Waals surface area contributed by atoms with Crippen LogP contribution in [0.4, 0.5) is 21.8 Å². The number of nitrogens with zero attached hydrogens (tertiary/aromatic N) is 6. The molecule has 0 aliphatic rings. The first kappa shape index (κ1) is 26.0. The first-order valence-corrected chi connectivity index (χ1v) is 12.7. The summed E-state index contributed by atoms with van der Waals surface area (Å²) in [7, 11) is -1.66. The van der Waals surface area contributed by atoms with E-state index in [9.17, 15) is 22.9 Å². The van der Waals surface area contributed by atoms with Crippen LogP contribution in [0, 0.1) is 15.9 Å². The molecule has 2 N–H and O–H groups in total. The third-order valence-corrected chi connectivity index (χ3v) is 6.11. The van der Waals surface area contributed by atoms with E-state index in [0.29, 0.717) is 17.8 Å². The summed E-state index contributed by atoms with van der Waals surface area (Å²) in [5.74, 6) is -0.677. The minimum atomic E-state index is -3.13. The molecule has 0 atom stereocenters. The molecule has 188 valence electrons. The number of oxime groups is 1. The lowest BCUT2D eigenvalue weighted by Gasteiger charge is -2.10. The van der Waals surface area contributed by atoms with Crippen LogP contribution in [-0.2, 0) is 28.3 Å². The van der Waals surface area contributed by atoms with E-state index in [1.165, 1.54) is 36.0 Å². The van der Waals surface area contributed by atoms with Gasteiger partial charge in [0.2, 0.25) is 11.7 Å². The van der Waals surface area contributed by atoms with Crippen LogP contribution in [0.25, 0.3) is 0 Å². The Morgan fingerprint density at radius 2 is 2.17 bits per heavy atom. The van der Waals surface area contributed by atoms with Crippen LogP contribution >= 0.6 is 15.9 Å². The Hall–Kier alpha value is -3.60. The topological polar surface area (TPSA) is 180 Å². The van der Waals surface area contributed by atoms with Crippen LogP contribution in [0.5, 0.6) is 0 Å². The highest BCUT2D eigenvalue weighted by Gasteiger charge is 2.20. The van der Waals surface area contributed by atoms with Gasteiger partial charge in [-0.3, -0.25) is 0 Å². The molecule has 3 aromatic rings. The Morgan fingerprint density at radius 3 is 2.83 bits per heavy atom. The lowest BCUT2D eigenvalue weighted by molar-refractivity contribution is -0.396. The minimum Gasteiger partial charge on any atom is -0.390 e. The molecule has 0 unspecified atom stereocenters. The van der Waals surface area contributed by atoms with Crippen molar-refractivity contribution < 1.29 is 27.2 Å². The zero-order valence-electron chi connectivity index (χ0n) is 18.4. The second-order valence-corrected chi connectivity index (χ2v) is 10.3. The summed E-state index contributed by atoms with van der Waals surface area (Å²) in [4.78, 5) is 19.4. The largest absolute Gasteiger partial charge is 0.434 e. The Kier molecular flexibility index (Phi) is 8.34. The normalized spacial score (nSPS) is 11.9. The van der Waals surface area contributed by atoms with E-state index in [1.54, 1.807) is 0 Å². The van der Waals surface area contributed by atoms with E-state index in [4.69, 9.17) is 9.47 Å². The van der Waals surface area contributed by atoms with Gasteiger partial charge in [0.1, 0.15) is 21.9 Å². The van der Waals surface area contributed by atoms with E-state index in [1.807, 2.05) is 0 Å². The zero-order chi connectivity index (χ0) is 25.6. The van der Waals surface area contributed by atoms with Gasteiger partial charge in [-0.25, -0.2) is 22.0 Å². The highest BCUT2D eigenvalue weighted by atomic mass is 79.9. The fourth-order valence-electron chi connectivity index (χ4n) is 2.74. The van der Waals surface area contributed by atoms with Crippen molar-refractivity contribution in [2.45, 2.75) is 13.0 Å². The molecule has 0 saturated heterocycles. The lowest BCUT2D eigenvalue weighted by Crippen LogP contribution is -2.18. The maximum Gasteiger partial charge on any atom is 0.434 e. The highest BCUT2D eigenvalue weighted by Crippen LogP contribution is 2.22. The molecule has 17 heteroatoms. The van der Waals surface area contributed by atoms with Crippen molar-refractivity contribution in [2.24, 2.45) is 12.2 Å². The molecule has 0 bridgehead atoms. The number of sulfone groups is 1. The quantitative estimate of drug-likeness (QED) is 0.113. The van der Waals surface area contributed by atoms with Gasteiger partial charge in [-0.2, -0.15) is 0 Å². The summed E-state index contributed by atoms with van der Waals surface area (Å²) in [5, 5.41) is 28.4. The summed E-state index contributed by atoms with van der Waals surface area (Å²) in [5.41, 5.74) is 0.894. The number of nitro groups is 1. The molecule has 0 amide bonds. The van der Waals surface area contributed by atoms with Crippen molar-refractivity contribution in [2.75, 3.05) is 29.2 Å². The monoisotopic (exact) mass is 574 g/mol. The zero-order valence-corrected chi connectivity index (χ0v) is 20.8. The number of imidazole rings is 1. The molecule has 0 saturated carbocycles. The van der Waals surface area contributed by atoms with Crippen LogP contribution in [0.1, 0.15) is 17.8 Å². The standard InChI is InChI=1S/C18H20BrFN8O6S/c1-27-12(9-22-18(27)28(29)30)10-33-25-17(23-11-4-5-14(20)13(19)8-11)15-16(26-34-24-15)21-6-3-7-35(2,31)32/h4-5,8-9H,3,6-7,10H2,1-2H3,(H,21,26)(H,23,25). The molecule has 35 heavy (non-hydrogen) atoms. The van der Waals surface area contributed by atoms with Crippen LogP contribution in [0.3, 0.4) is 0 Å². The molecule has 0 spiro atoms. The average Bonchev–Trinajstić information content (AvgIpc) is 3.39. The first-order valence-electron chi connectivity index (χ1n) is 9.86. The predicted molar refractivity (Wildman–Crippen MR) is 126 cm³/mol.